The first-order valence-corrected chi connectivity index (χ1v) is 6.06. The molecule has 100 valence electrons. The van der Waals surface area contributed by atoms with E-state index < -0.39 is 0 Å². The maximum atomic E-state index is 12.0. The number of rotatable bonds is 4. The first-order chi connectivity index (χ1) is 9.08. The maximum Gasteiger partial charge on any atom is 0.294 e. The van der Waals surface area contributed by atoms with Gasteiger partial charge in [0.15, 0.2) is 0 Å². The van der Waals surface area contributed by atoms with Crippen molar-refractivity contribution in [2.45, 2.75) is 26.9 Å². The van der Waals surface area contributed by atoms with E-state index in [1.807, 2.05) is 32.0 Å². The lowest BCUT2D eigenvalue weighted by atomic mass is 10.2. The summed E-state index contributed by atoms with van der Waals surface area (Å²) in [5.74, 6) is 0.497. The molecular formula is C14H16N2O3. The second-order valence-corrected chi connectivity index (χ2v) is 4.45. The van der Waals surface area contributed by atoms with Crippen LogP contribution in [0.1, 0.15) is 30.0 Å². The van der Waals surface area contributed by atoms with Crippen molar-refractivity contribution in [1.82, 2.24) is 5.16 Å². The van der Waals surface area contributed by atoms with E-state index >= 15 is 0 Å². The number of hydrogen-bond acceptors (Lipinski definition) is 4. The molecule has 1 aromatic heterocycles. The van der Waals surface area contributed by atoms with E-state index in [4.69, 9.17) is 9.26 Å². The second kappa shape index (κ2) is 5.56. The van der Waals surface area contributed by atoms with E-state index in [9.17, 15) is 4.79 Å². The van der Waals surface area contributed by atoms with Crippen LogP contribution in [0.5, 0.6) is 5.75 Å². The molecule has 0 bridgehead atoms. The van der Waals surface area contributed by atoms with Gasteiger partial charge in [0.25, 0.3) is 5.91 Å². The van der Waals surface area contributed by atoms with Crippen LogP contribution in [-0.2, 0) is 0 Å². The SMILES string of the molecule is Cc1cnoc1C(=O)Nc1ccccc1OC(C)C. The topological polar surface area (TPSA) is 64.4 Å². The number of aryl methyl sites for hydroxylation is 1. The highest BCUT2D eigenvalue weighted by Crippen LogP contribution is 2.25. The number of anilines is 1. The molecular weight excluding hydrogens is 244 g/mol. The van der Waals surface area contributed by atoms with E-state index in [1.165, 1.54) is 6.20 Å². The molecule has 1 aromatic carbocycles. The fourth-order valence-corrected chi connectivity index (χ4v) is 1.61. The van der Waals surface area contributed by atoms with Crippen LogP contribution in [-0.4, -0.2) is 17.2 Å². The Bertz CT molecular complexity index is 576. The number of ether oxygens (including phenoxy) is 1. The lowest BCUT2D eigenvalue weighted by Gasteiger charge is -2.14. The summed E-state index contributed by atoms with van der Waals surface area (Å²) in [6.07, 6.45) is 1.54. The summed E-state index contributed by atoms with van der Waals surface area (Å²) in [6.45, 7) is 5.63. The van der Waals surface area contributed by atoms with Gasteiger partial charge in [-0.05, 0) is 32.9 Å². The number of hydrogen-bond donors (Lipinski definition) is 1. The zero-order valence-corrected chi connectivity index (χ0v) is 11.1. The summed E-state index contributed by atoms with van der Waals surface area (Å²) < 4.78 is 10.5. The van der Waals surface area contributed by atoms with Gasteiger partial charge in [-0.2, -0.15) is 0 Å². The molecule has 0 saturated heterocycles. The molecule has 1 amide bonds. The molecule has 0 aliphatic rings. The second-order valence-electron chi connectivity index (χ2n) is 4.45. The number of amides is 1. The number of benzene rings is 1. The van der Waals surface area contributed by atoms with E-state index in [1.54, 1.807) is 13.0 Å². The van der Waals surface area contributed by atoms with Crippen LogP contribution in [0.15, 0.2) is 35.0 Å². The average molecular weight is 260 g/mol. The van der Waals surface area contributed by atoms with Crippen LogP contribution in [0.25, 0.3) is 0 Å². The zero-order chi connectivity index (χ0) is 13.8. The Balaban J connectivity index is 2.19. The van der Waals surface area contributed by atoms with Gasteiger partial charge >= 0.3 is 0 Å². The number of nitrogens with one attached hydrogen (secondary N) is 1. The van der Waals surface area contributed by atoms with Crippen LogP contribution in [0, 0.1) is 6.92 Å². The molecule has 0 radical (unpaired) electrons. The third-order valence-electron chi connectivity index (χ3n) is 2.45. The fraction of sp³-hybridized carbons (Fsp3) is 0.286. The Morgan fingerprint density at radius 2 is 2.11 bits per heavy atom. The minimum absolute atomic E-state index is 0.0325. The average Bonchev–Trinajstić information content (AvgIpc) is 2.77. The van der Waals surface area contributed by atoms with Crippen molar-refractivity contribution in [3.63, 3.8) is 0 Å². The molecule has 0 spiro atoms. The third-order valence-corrected chi connectivity index (χ3v) is 2.45. The number of carbonyl (C=O) groups is 1. The van der Waals surface area contributed by atoms with Gasteiger partial charge in [0, 0.05) is 5.56 Å². The summed E-state index contributed by atoms with van der Waals surface area (Å²) in [5, 5.41) is 6.35. The molecule has 2 rings (SSSR count). The van der Waals surface area contributed by atoms with Crippen LogP contribution < -0.4 is 10.1 Å². The molecule has 5 nitrogen and oxygen atoms in total. The molecule has 0 saturated carbocycles. The molecule has 1 N–H and O–H groups in total. The molecule has 0 aliphatic heterocycles. The summed E-state index contributed by atoms with van der Waals surface area (Å²) >= 11 is 0. The quantitative estimate of drug-likeness (QED) is 0.917. The van der Waals surface area contributed by atoms with Gasteiger partial charge in [-0.1, -0.05) is 17.3 Å². The number of nitrogens with zero attached hydrogens (tertiary/aromatic N) is 1. The standard InChI is InChI=1S/C14H16N2O3/c1-9(2)18-12-7-5-4-6-11(12)16-14(17)13-10(3)8-15-19-13/h4-9H,1-3H3,(H,16,17). The molecule has 2 aromatic rings. The molecule has 0 aliphatic carbocycles. The minimum Gasteiger partial charge on any atom is -0.489 e. The molecule has 0 unspecified atom stereocenters. The van der Waals surface area contributed by atoms with E-state index in [0.29, 0.717) is 17.0 Å². The number of aromatic nitrogens is 1. The van der Waals surface area contributed by atoms with Crippen molar-refractivity contribution in [3.05, 3.63) is 41.8 Å². The van der Waals surface area contributed by atoms with Crippen LogP contribution in [0.2, 0.25) is 0 Å². The van der Waals surface area contributed by atoms with E-state index in [-0.39, 0.29) is 17.8 Å². The van der Waals surface area contributed by atoms with Gasteiger partial charge in [-0.25, -0.2) is 0 Å². The van der Waals surface area contributed by atoms with Gasteiger partial charge in [-0.15, -0.1) is 0 Å². The predicted molar refractivity (Wildman–Crippen MR) is 71.4 cm³/mol. The van der Waals surface area contributed by atoms with Gasteiger partial charge in [-0.3, -0.25) is 4.79 Å². The first kappa shape index (κ1) is 13.1. The Morgan fingerprint density at radius 1 is 1.37 bits per heavy atom. The van der Waals surface area contributed by atoms with Crippen LogP contribution in [0.4, 0.5) is 5.69 Å². The van der Waals surface area contributed by atoms with Crippen molar-refractivity contribution in [1.29, 1.82) is 0 Å². The Kier molecular flexibility index (Phi) is 3.85. The minimum atomic E-state index is -0.338. The smallest absolute Gasteiger partial charge is 0.294 e. The van der Waals surface area contributed by atoms with Crippen molar-refractivity contribution >= 4 is 11.6 Å². The molecule has 19 heavy (non-hydrogen) atoms. The lowest BCUT2D eigenvalue weighted by Crippen LogP contribution is -2.14. The van der Waals surface area contributed by atoms with Crippen LogP contribution >= 0.6 is 0 Å². The van der Waals surface area contributed by atoms with Crippen molar-refractivity contribution in [2.75, 3.05) is 5.32 Å². The number of para-hydroxylation sites is 2. The molecule has 0 atom stereocenters. The molecule has 1 heterocycles. The highest BCUT2D eigenvalue weighted by Gasteiger charge is 2.16. The molecule has 0 fully saturated rings. The summed E-state index contributed by atoms with van der Waals surface area (Å²) in [7, 11) is 0. The summed E-state index contributed by atoms with van der Waals surface area (Å²) in [6, 6.07) is 7.27. The van der Waals surface area contributed by atoms with Gasteiger partial charge in [0.05, 0.1) is 18.0 Å². The Morgan fingerprint density at radius 3 is 2.74 bits per heavy atom. The number of carbonyl (C=O) groups excluding carboxylic acids is 1. The Labute approximate surface area is 111 Å². The largest absolute Gasteiger partial charge is 0.489 e. The van der Waals surface area contributed by atoms with Gasteiger partial charge in [0.2, 0.25) is 5.76 Å². The van der Waals surface area contributed by atoms with Crippen LogP contribution in [0.3, 0.4) is 0 Å². The predicted octanol–water partition coefficient (Wildman–Crippen LogP) is 3.02. The van der Waals surface area contributed by atoms with E-state index in [0.717, 1.165) is 0 Å². The first-order valence-electron chi connectivity index (χ1n) is 6.06. The van der Waals surface area contributed by atoms with Gasteiger partial charge in [0.1, 0.15) is 5.75 Å². The summed E-state index contributed by atoms with van der Waals surface area (Å²) in [5.41, 5.74) is 1.30. The lowest BCUT2D eigenvalue weighted by molar-refractivity contribution is 0.0986. The highest BCUT2D eigenvalue weighted by atomic mass is 16.5. The highest BCUT2D eigenvalue weighted by molar-refractivity contribution is 6.03. The van der Waals surface area contributed by atoms with Crippen molar-refractivity contribution in [2.24, 2.45) is 0 Å². The van der Waals surface area contributed by atoms with Gasteiger partial charge < -0.3 is 14.6 Å². The fourth-order valence-electron chi connectivity index (χ4n) is 1.61. The monoisotopic (exact) mass is 260 g/mol. The normalized spacial score (nSPS) is 10.5. The third kappa shape index (κ3) is 3.13. The molecule has 5 heteroatoms. The zero-order valence-electron chi connectivity index (χ0n) is 11.1. The van der Waals surface area contributed by atoms with E-state index in [2.05, 4.69) is 10.5 Å². The van der Waals surface area contributed by atoms with Crippen molar-refractivity contribution in [3.8, 4) is 5.75 Å². The van der Waals surface area contributed by atoms with Crippen molar-refractivity contribution < 1.29 is 14.1 Å². The Hall–Kier alpha value is -2.30. The summed E-state index contributed by atoms with van der Waals surface area (Å²) in [4.78, 5) is 12.0. The maximum absolute atomic E-state index is 12.0.